The summed E-state index contributed by atoms with van der Waals surface area (Å²) in [5.74, 6) is 0.859. The van der Waals surface area contributed by atoms with Gasteiger partial charge in [-0.05, 0) is 49.1 Å². The molecule has 1 aromatic heterocycles. The van der Waals surface area contributed by atoms with Crippen LogP contribution < -0.4 is 4.74 Å². The van der Waals surface area contributed by atoms with Crippen molar-refractivity contribution in [1.29, 1.82) is 0 Å². The van der Waals surface area contributed by atoms with Gasteiger partial charge >= 0.3 is 0 Å². The Morgan fingerprint density at radius 3 is 2.58 bits per heavy atom. The van der Waals surface area contributed by atoms with E-state index in [1.165, 1.54) is 0 Å². The smallest absolute Gasteiger partial charge is 0.159 e. The lowest BCUT2D eigenvalue weighted by Crippen LogP contribution is -2.30. The van der Waals surface area contributed by atoms with Crippen molar-refractivity contribution in [2.45, 2.75) is 6.92 Å². The van der Waals surface area contributed by atoms with Gasteiger partial charge in [0.15, 0.2) is 3.95 Å². The van der Waals surface area contributed by atoms with Gasteiger partial charge in [0.25, 0.3) is 0 Å². The molecule has 0 amide bonds. The van der Waals surface area contributed by atoms with Crippen LogP contribution in [-0.2, 0) is 0 Å². The van der Waals surface area contributed by atoms with E-state index in [0.717, 1.165) is 38.0 Å². The third-order valence-corrected chi connectivity index (χ3v) is 5.11. The molecule has 0 spiro atoms. The van der Waals surface area contributed by atoms with E-state index in [0.29, 0.717) is 13.2 Å². The zero-order chi connectivity index (χ0) is 18.8. The maximum atomic E-state index is 8.91. The number of ether oxygens (including phenoxy) is 1. The highest BCUT2D eigenvalue weighted by atomic mass is 35.5. The van der Waals surface area contributed by atoms with Crippen LogP contribution in [0.5, 0.6) is 5.75 Å². The fraction of sp³-hybridized carbons (Fsp3) is 0.316. The molecular formula is C19H23ClN2O2S2. The van der Waals surface area contributed by atoms with Crippen molar-refractivity contribution in [1.82, 2.24) is 9.88 Å². The van der Waals surface area contributed by atoms with Gasteiger partial charge < -0.3 is 14.8 Å². The normalized spacial score (nSPS) is 10.6. The monoisotopic (exact) mass is 410 g/mol. The van der Waals surface area contributed by atoms with Crippen LogP contribution in [0.4, 0.5) is 0 Å². The van der Waals surface area contributed by atoms with Crippen LogP contribution in [0, 0.1) is 3.95 Å². The largest absolute Gasteiger partial charge is 0.492 e. The van der Waals surface area contributed by atoms with Crippen molar-refractivity contribution < 1.29 is 9.84 Å². The van der Waals surface area contributed by atoms with Gasteiger partial charge in [0.05, 0.1) is 16.8 Å². The Morgan fingerprint density at radius 1 is 1.19 bits per heavy atom. The summed E-state index contributed by atoms with van der Waals surface area (Å²) in [7, 11) is 0. The van der Waals surface area contributed by atoms with Crippen molar-refractivity contribution in [2.75, 3.05) is 32.8 Å². The molecule has 1 heterocycles. The number of nitrogens with one attached hydrogen (secondary N) is 1. The summed E-state index contributed by atoms with van der Waals surface area (Å²) in [6.07, 6.45) is 0. The number of nitrogens with zero attached hydrogens (tertiary/aromatic N) is 1. The Morgan fingerprint density at radius 2 is 1.96 bits per heavy atom. The highest BCUT2D eigenvalue weighted by molar-refractivity contribution is 7.73. The molecule has 0 aliphatic carbocycles. The van der Waals surface area contributed by atoms with Crippen LogP contribution >= 0.6 is 35.2 Å². The number of hydrogen-bond acceptors (Lipinski definition) is 5. The summed E-state index contributed by atoms with van der Waals surface area (Å²) in [4.78, 5) is 5.28. The first-order valence-corrected chi connectivity index (χ1v) is 10.0. The minimum Gasteiger partial charge on any atom is -0.492 e. The first kappa shape index (κ1) is 20.9. The Bertz CT molecular complexity index is 836. The van der Waals surface area contributed by atoms with Crippen LogP contribution in [0.25, 0.3) is 10.2 Å². The maximum absolute atomic E-state index is 8.91. The van der Waals surface area contributed by atoms with Gasteiger partial charge in [-0.2, -0.15) is 0 Å². The fourth-order valence-electron chi connectivity index (χ4n) is 2.29. The van der Waals surface area contributed by atoms with Gasteiger partial charge in [-0.1, -0.05) is 36.7 Å². The molecule has 140 valence electrons. The number of likely N-dealkylation sites (N-methyl/N-ethyl adjacent to an activating group) is 1. The lowest BCUT2D eigenvalue weighted by molar-refractivity contribution is 0.174. The van der Waals surface area contributed by atoms with Crippen molar-refractivity contribution >= 4 is 45.4 Å². The van der Waals surface area contributed by atoms with Gasteiger partial charge in [0.1, 0.15) is 12.4 Å². The molecule has 0 fully saturated rings. The van der Waals surface area contributed by atoms with Gasteiger partial charge in [0.2, 0.25) is 0 Å². The minimum atomic E-state index is 0.187. The molecule has 0 atom stereocenters. The molecule has 0 aliphatic rings. The number of aliphatic hydroxyl groups is 1. The van der Waals surface area contributed by atoms with Gasteiger partial charge in [-0.15, -0.1) is 11.3 Å². The first-order valence-electron chi connectivity index (χ1n) is 8.41. The lowest BCUT2D eigenvalue weighted by Gasteiger charge is -2.19. The molecule has 0 saturated heterocycles. The molecule has 3 aromatic rings. The third kappa shape index (κ3) is 7.05. The zero-order valence-corrected chi connectivity index (χ0v) is 17.0. The Balaban J connectivity index is 0.000000290. The number of aromatic amines is 1. The molecule has 2 aromatic carbocycles. The molecule has 0 radical (unpaired) electrons. The molecule has 26 heavy (non-hydrogen) atoms. The molecule has 3 rings (SSSR count). The van der Waals surface area contributed by atoms with Crippen LogP contribution in [0.3, 0.4) is 0 Å². The average molecular weight is 411 g/mol. The van der Waals surface area contributed by atoms with E-state index in [4.69, 9.17) is 33.7 Å². The summed E-state index contributed by atoms with van der Waals surface area (Å²) in [6, 6.07) is 15.4. The van der Waals surface area contributed by atoms with E-state index in [2.05, 4.69) is 16.8 Å². The number of aliphatic hydroxyl groups excluding tert-OH is 1. The number of hydrogen-bond donors (Lipinski definition) is 2. The summed E-state index contributed by atoms with van der Waals surface area (Å²) < 4.78 is 7.64. The van der Waals surface area contributed by atoms with Crippen molar-refractivity contribution in [2.24, 2.45) is 0 Å². The van der Waals surface area contributed by atoms with Crippen molar-refractivity contribution in [3.05, 3.63) is 57.5 Å². The van der Waals surface area contributed by atoms with Crippen LogP contribution in [0.15, 0.2) is 48.5 Å². The topological polar surface area (TPSA) is 48.5 Å². The van der Waals surface area contributed by atoms with Crippen LogP contribution in [0.2, 0.25) is 5.02 Å². The van der Waals surface area contributed by atoms with Crippen molar-refractivity contribution in [3.8, 4) is 5.75 Å². The second-order valence-electron chi connectivity index (χ2n) is 5.47. The highest BCUT2D eigenvalue weighted by Gasteiger charge is 2.03. The first-order chi connectivity index (χ1) is 12.6. The zero-order valence-electron chi connectivity index (χ0n) is 14.7. The quantitative estimate of drug-likeness (QED) is 0.538. The SMILES string of the molecule is CCN(CCO)CCOc1ccc2[nH]c(=S)sc2c1.Clc1ccccc1. The number of benzene rings is 2. The predicted molar refractivity (Wildman–Crippen MR) is 113 cm³/mol. The Hall–Kier alpha value is -1.44. The molecule has 0 aliphatic heterocycles. The summed E-state index contributed by atoms with van der Waals surface area (Å²) in [5.41, 5.74) is 1.05. The molecule has 4 nitrogen and oxygen atoms in total. The number of rotatable bonds is 7. The van der Waals surface area contributed by atoms with Gasteiger partial charge in [-0.3, -0.25) is 4.90 Å². The molecule has 0 unspecified atom stereocenters. The summed E-state index contributed by atoms with van der Waals surface area (Å²) in [6.45, 7) is 5.31. The van der Waals surface area contributed by atoms with Crippen LogP contribution in [-0.4, -0.2) is 47.8 Å². The second kappa shape index (κ2) is 11.3. The molecule has 0 saturated carbocycles. The van der Waals surface area contributed by atoms with Gasteiger partial charge in [-0.25, -0.2) is 0 Å². The van der Waals surface area contributed by atoms with E-state index in [-0.39, 0.29) is 6.61 Å². The average Bonchev–Trinajstić information content (AvgIpc) is 3.01. The third-order valence-electron chi connectivity index (χ3n) is 3.67. The van der Waals surface area contributed by atoms with E-state index < -0.39 is 0 Å². The molecule has 0 bridgehead atoms. The highest BCUT2D eigenvalue weighted by Crippen LogP contribution is 2.24. The Labute approximate surface area is 168 Å². The standard InChI is InChI=1S/C13H18N2O2S2.C6H5Cl/c1-2-15(5-7-16)6-8-17-10-3-4-11-12(9-10)19-13(18)14-11;7-6-4-2-1-3-5-6/h3-4,9,16H,2,5-8H2,1H3,(H,14,18);1-5H. The number of thiazole rings is 1. The number of fused-ring (bicyclic) bond motifs is 1. The number of H-pyrrole nitrogens is 1. The molecular weight excluding hydrogens is 388 g/mol. The van der Waals surface area contributed by atoms with Crippen LogP contribution in [0.1, 0.15) is 6.92 Å². The molecule has 7 heteroatoms. The second-order valence-corrected chi connectivity index (χ2v) is 7.63. The fourth-order valence-corrected chi connectivity index (χ4v) is 3.58. The lowest BCUT2D eigenvalue weighted by atomic mass is 10.3. The maximum Gasteiger partial charge on any atom is 0.159 e. The van der Waals surface area contributed by atoms with Crippen molar-refractivity contribution in [3.63, 3.8) is 0 Å². The number of aromatic nitrogens is 1. The van der Waals surface area contributed by atoms with E-state index in [9.17, 15) is 0 Å². The minimum absolute atomic E-state index is 0.187. The van der Waals surface area contributed by atoms with E-state index in [1.54, 1.807) is 11.3 Å². The summed E-state index contributed by atoms with van der Waals surface area (Å²) >= 11 is 12.2. The number of halogens is 1. The van der Waals surface area contributed by atoms with E-state index >= 15 is 0 Å². The van der Waals surface area contributed by atoms with Gasteiger partial charge in [0, 0.05) is 18.1 Å². The predicted octanol–water partition coefficient (Wildman–Crippen LogP) is 4.99. The Kier molecular flexibility index (Phi) is 9.08. The molecule has 2 N–H and O–H groups in total. The van der Waals surface area contributed by atoms with E-state index in [1.807, 2.05) is 48.5 Å². The summed E-state index contributed by atoms with van der Waals surface area (Å²) in [5, 5.41) is 9.70.